The molecule has 30 heavy (non-hydrogen) atoms. The van der Waals surface area contributed by atoms with Gasteiger partial charge in [0.1, 0.15) is 6.17 Å². The van der Waals surface area contributed by atoms with Gasteiger partial charge in [0.2, 0.25) is 0 Å². The zero-order valence-electron chi connectivity index (χ0n) is 16.5. The number of aliphatic imine (C=N–C) groups is 1. The second-order valence-corrected chi connectivity index (χ2v) is 8.92. The van der Waals surface area contributed by atoms with E-state index >= 15 is 0 Å². The molecule has 0 amide bonds. The molecule has 2 atom stereocenters. The first kappa shape index (κ1) is 21.1. The Morgan fingerprint density at radius 1 is 1.03 bits per heavy atom. The minimum atomic E-state index is -0.221. The Morgan fingerprint density at radius 3 is 2.53 bits per heavy atom. The summed E-state index contributed by atoms with van der Waals surface area (Å²) in [6, 6.07) is 21.9. The van der Waals surface area contributed by atoms with Gasteiger partial charge in [-0.15, -0.1) is 0 Å². The molecule has 3 aromatic carbocycles. The first-order valence-electron chi connectivity index (χ1n) is 9.84. The Hall–Kier alpha value is -2.15. The van der Waals surface area contributed by atoms with Gasteiger partial charge in [-0.05, 0) is 48.4 Å². The van der Waals surface area contributed by atoms with E-state index in [1.165, 1.54) is 0 Å². The molecule has 1 aliphatic heterocycles. The van der Waals surface area contributed by atoms with Gasteiger partial charge < -0.3 is 9.84 Å². The fraction of sp³-hybridized carbons (Fsp3) is 0.208. The van der Waals surface area contributed by atoms with E-state index < -0.39 is 0 Å². The SMILES string of the molecule is CCOc1cccc([C@@H]2CC(c3cccc(Br)c3)=N[C@H](c3ccc(Br)cc3)N2)c1O. The number of nitrogens with one attached hydrogen (secondary N) is 1. The van der Waals surface area contributed by atoms with Crippen molar-refractivity contribution in [3.05, 3.63) is 92.4 Å². The largest absolute Gasteiger partial charge is 0.504 e. The molecule has 4 nitrogen and oxygen atoms in total. The normalized spacial score (nSPS) is 18.7. The van der Waals surface area contributed by atoms with Crippen molar-refractivity contribution in [1.29, 1.82) is 0 Å². The average molecular weight is 530 g/mol. The first-order chi connectivity index (χ1) is 14.5. The highest BCUT2D eigenvalue weighted by molar-refractivity contribution is 9.10. The average Bonchev–Trinajstić information content (AvgIpc) is 2.75. The van der Waals surface area contributed by atoms with Gasteiger partial charge in [-0.1, -0.05) is 68.3 Å². The van der Waals surface area contributed by atoms with E-state index in [9.17, 15) is 5.11 Å². The van der Waals surface area contributed by atoms with Crippen LogP contribution in [-0.2, 0) is 0 Å². The number of hydrogen-bond acceptors (Lipinski definition) is 4. The number of aromatic hydroxyl groups is 1. The highest BCUT2D eigenvalue weighted by Gasteiger charge is 2.28. The van der Waals surface area contributed by atoms with Crippen molar-refractivity contribution >= 4 is 37.6 Å². The maximum absolute atomic E-state index is 10.8. The number of benzene rings is 3. The third-order valence-corrected chi connectivity index (χ3v) is 6.11. The third kappa shape index (κ3) is 4.61. The zero-order chi connectivity index (χ0) is 21.1. The van der Waals surface area contributed by atoms with E-state index in [1.54, 1.807) is 6.07 Å². The summed E-state index contributed by atoms with van der Waals surface area (Å²) < 4.78 is 7.64. The van der Waals surface area contributed by atoms with Crippen LogP contribution in [0.15, 0.2) is 80.7 Å². The smallest absolute Gasteiger partial charge is 0.162 e. The van der Waals surface area contributed by atoms with Crippen molar-refractivity contribution < 1.29 is 9.84 Å². The van der Waals surface area contributed by atoms with Crippen LogP contribution in [-0.4, -0.2) is 17.4 Å². The quantitative estimate of drug-likeness (QED) is 0.394. The molecule has 0 aromatic heterocycles. The number of phenolic OH excluding ortho intramolecular Hbond substituents is 1. The Balaban J connectivity index is 1.75. The summed E-state index contributed by atoms with van der Waals surface area (Å²) in [5.74, 6) is 0.686. The van der Waals surface area contributed by atoms with Gasteiger partial charge in [0.15, 0.2) is 11.5 Å². The van der Waals surface area contributed by atoms with Crippen LogP contribution in [0, 0.1) is 0 Å². The van der Waals surface area contributed by atoms with E-state index in [0.29, 0.717) is 18.8 Å². The van der Waals surface area contributed by atoms with Crippen molar-refractivity contribution in [2.24, 2.45) is 4.99 Å². The number of rotatable bonds is 5. The van der Waals surface area contributed by atoms with Crippen molar-refractivity contribution in [1.82, 2.24) is 5.32 Å². The monoisotopic (exact) mass is 528 g/mol. The molecule has 1 heterocycles. The van der Waals surface area contributed by atoms with Gasteiger partial charge >= 0.3 is 0 Å². The predicted octanol–water partition coefficient (Wildman–Crippen LogP) is 6.54. The molecule has 2 N–H and O–H groups in total. The molecule has 0 saturated heterocycles. The number of para-hydroxylation sites is 1. The van der Waals surface area contributed by atoms with Crippen molar-refractivity contribution in [3.63, 3.8) is 0 Å². The Kier molecular flexibility index (Phi) is 6.56. The molecule has 0 aliphatic carbocycles. The topological polar surface area (TPSA) is 53.8 Å². The molecule has 6 heteroatoms. The maximum Gasteiger partial charge on any atom is 0.162 e. The molecule has 0 radical (unpaired) electrons. The summed E-state index contributed by atoms with van der Waals surface area (Å²) in [4.78, 5) is 5.01. The van der Waals surface area contributed by atoms with Crippen LogP contribution in [0.4, 0.5) is 0 Å². The molecule has 0 saturated carbocycles. The maximum atomic E-state index is 10.8. The Bertz CT molecular complexity index is 1070. The fourth-order valence-corrected chi connectivity index (χ4v) is 4.32. The van der Waals surface area contributed by atoms with Crippen molar-refractivity contribution in [3.8, 4) is 11.5 Å². The van der Waals surface area contributed by atoms with E-state index in [-0.39, 0.29) is 18.0 Å². The van der Waals surface area contributed by atoms with Gasteiger partial charge in [-0.2, -0.15) is 0 Å². The predicted molar refractivity (Wildman–Crippen MR) is 127 cm³/mol. The number of halogens is 2. The first-order valence-corrected chi connectivity index (χ1v) is 11.4. The molecule has 0 bridgehead atoms. The molecular formula is C24H22Br2N2O2. The summed E-state index contributed by atoms with van der Waals surface area (Å²) in [5, 5.41) is 14.4. The van der Waals surface area contributed by atoms with Gasteiger partial charge in [0.25, 0.3) is 0 Å². The second-order valence-electron chi connectivity index (χ2n) is 7.09. The lowest BCUT2D eigenvalue weighted by Crippen LogP contribution is -2.33. The van der Waals surface area contributed by atoms with Gasteiger partial charge in [-0.25, -0.2) is 0 Å². The lowest BCUT2D eigenvalue weighted by molar-refractivity contribution is 0.313. The zero-order valence-corrected chi connectivity index (χ0v) is 19.7. The van der Waals surface area contributed by atoms with E-state index in [0.717, 1.165) is 31.3 Å². The van der Waals surface area contributed by atoms with E-state index in [4.69, 9.17) is 9.73 Å². The molecule has 0 unspecified atom stereocenters. The van der Waals surface area contributed by atoms with Gasteiger partial charge in [0.05, 0.1) is 6.61 Å². The molecular weight excluding hydrogens is 508 g/mol. The minimum absolute atomic E-state index is 0.106. The lowest BCUT2D eigenvalue weighted by atomic mass is 9.93. The fourth-order valence-electron chi connectivity index (χ4n) is 3.66. The summed E-state index contributed by atoms with van der Waals surface area (Å²) in [5.41, 5.74) is 3.94. The highest BCUT2D eigenvalue weighted by atomic mass is 79.9. The van der Waals surface area contributed by atoms with Crippen molar-refractivity contribution in [2.45, 2.75) is 25.6 Å². The van der Waals surface area contributed by atoms with Crippen LogP contribution in [0.25, 0.3) is 0 Å². The lowest BCUT2D eigenvalue weighted by Gasteiger charge is -2.31. The number of hydrogen-bond donors (Lipinski definition) is 2. The standard InChI is InChI=1S/C24H22Br2N2O2/c1-2-30-22-8-4-7-19(23(22)29)21-14-20(16-5-3-6-18(26)13-16)27-24(28-21)15-9-11-17(25)12-10-15/h3-13,21,24,28-29H,2,14H2,1H3/t21-,24-/m0/s1. The number of nitrogens with zero attached hydrogens (tertiary/aromatic N) is 1. The van der Waals surface area contributed by atoms with Gasteiger partial charge in [0, 0.05) is 32.7 Å². The molecule has 0 spiro atoms. The van der Waals surface area contributed by atoms with Crippen LogP contribution in [0.1, 0.15) is 42.2 Å². The van der Waals surface area contributed by atoms with E-state index in [1.807, 2.05) is 43.3 Å². The van der Waals surface area contributed by atoms with Crippen molar-refractivity contribution in [2.75, 3.05) is 6.61 Å². The molecule has 154 valence electrons. The molecule has 4 rings (SSSR count). The molecule has 1 aliphatic rings. The van der Waals surface area contributed by atoms with Crippen LogP contribution >= 0.6 is 31.9 Å². The van der Waals surface area contributed by atoms with E-state index in [2.05, 4.69) is 61.4 Å². The van der Waals surface area contributed by atoms with Crippen LogP contribution < -0.4 is 10.1 Å². The summed E-state index contributed by atoms with van der Waals surface area (Å²) in [6.07, 6.45) is 0.438. The molecule has 0 fully saturated rings. The molecule has 3 aromatic rings. The van der Waals surface area contributed by atoms with Gasteiger partial charge in [-0.3, -0.25) is 10.3 Å². The summed E-state index contributed by atoms with van der Waals surface area (Å²) >= 11 is 7.06. The van der Waals surface area contributed by atoms with Crippen LogP contribution in [0.3, 0.4) is 0 Å². The third-order valence-electron chi connectivity index (χ3n) is 5.09. The van der Waals surface area contributed by atoms with Crippen LogP contribution in [0.5, 0.6) is 11.5 Å². The minimum Gasteiger partial charge on any atom is -0.504 e. The Labute approximate surface area is 193 Å². The van der Waals surface area contributed by atoms with Crippen LogP contribution in [0.2, 0.25) is 0 Å². The second kappa shape index (κ2) is 9.33. The summed E-state index contributed by atoms with van der Waals surface area (Å²) in [7, 11) is 0. The number of phenols is 1. The highest BCUT2D eigenvalue weighted by Crippen LogP contribution is 2.39. The number of ether oxygens (including phenoxy) is 1. The summed E-state index contributed by atoms with van der Waals surface area (Å²) in [6.45, 7) is 2.41. The Morgan fingerprint density at radius 2 is 1.80 bits per heavy atom.